The van der Waals surface area contributed by atoms with Crippen LogP contribution < -0.4 is 0 Å². The van der Waals surface area contributed by atoms with E-state index in [1.807, 2.05) is 0 Å². The summed E-state index contributed by atoms with van der Waals surface area (Å²) in [4.78, 5) is 10.4. The lowest BCUT2D eigenvalue weighted by atomic mass is 10.1. The van der Waals surface area contributed by atoms with Gasteiger partial charge in [0.15, 0.2) is 11.6 Å². The summed E-state index contributed by atoms with van der Waals surface area (Å²) in [5.41, 5.74) is 1.73. The van der Waals surface area contributed by atoms with E-state index in [1.54, 1.807) is 24.3 Å². The van der Waals surface area contributed by atoms with Crippen molar-refractivity contribution >= 4 is 17.4 Å². The Hall–Kier alpha value is -2.87. The van der Waals surface area contributed by atoms with Crippen LogP contribution >= 0.6 is 11.8 Å². The highest BCUT2D eigenvalue weighted by molar-refractivity contribution is 7.98. The van der Waals surface area contributed by atoms with E-state index in [2.05, 4.69) is 10.2 Å². The first-order chi connectivity index (χ1) is 12.0. The highest BCUT2D eigenvalue weighted by Gasteiger charge is 2.09. The van der Waals surface area contributed by atoms with Gasteiger partial charge in [0.2, 0.25) is 0 Å². The fourth-order valence-corrected chi connectivity index (χ4v) is 2.87. The SMILES string of the molecule is O=[N+]([O-])c1cccc(-c2ccc(SCc3ccc(F)c(F)c3)nn2)c1. The predicted molar refractivity (Wildman–Crippen MR) is 90.0 cm³/mol. The number of hydrogen-bond donors (Lipinski definition) is 0. The fourth-order valence-electron chi connectivity index (χ4n) is 2.12. The second kappa shape index (κ2) is 7.35. The molecular formula is C17H11F2N3O2S. The lowest BCUT2D eigenvalue weighted by Crippen LogP contribution is -1.92. The minimum Gasteiger partial charge on any atom is -0.258 e. The maximum atomic E-state index is 13.2. The molecule has 1 aromatic heterocycles. The summed E-state index contributed by atoms with van der Waals surface area (Å²) in [6.07, 6.45) is 0. The van der Waals surface area contributed by atoms with Crippen LogP contribution in [0.2, 0.25) is 0 Å². The average molecular weight is 359 g/mol. The number of rotatable bonds is 5. The number of nitro groups is 1. The van der Waals surface area contributed by atoms with Crippen molar-refractivity contribution in [2.45, 2.75) is 10.8 Å². The Kier molecular flexibility index (Phi) is 4.99. The molecule has 1 heterocycles. The van der Waals surface area contributed by atoms with Crippen LogP contribution in [0.5, 0.6) is 0 Å². The molecule has 0 spiro atoms. The molecule has 0 aliphatic heterocycles. The molecule has 5 nitrogen and oxygen atoms in total. The zero-order chi connectivity index (χ0) is 17.8. The van der Waals surface area contributed by atoms with E-state index in [-0.39, 0.29) is 5.69 Å². The highest BCUT2D eigenvalue weighted by Crippen LogP contribution is 2.25. The van der Waals surface area contributed by atoms with E-state index in [4.69, 9.17) is 0 Å². The number of aromatic nitrogens is 2. The molecule has 0 unspecified atom stereocenters. The number of nitrogens with zero attached hydrogens (tertiary/aromatic N) is 3. The van der Waals surface area contributed by atoms with E-state index in [0.717, 1.165) is 12.1 Å². The number of nitro benzene ring substituents is 1. The Labute approximate surface area is 145 Å². The molecule has 0 saturated heterocycles. The van der Waals surface area contributed by atoms with E-state index >= 15 is 0 Å². The quantitative estimate of drug-likeness (QED) is 0.378. The smallest absolute Gasteiger partial charge is 0.258 e. The van der Waals surface area contributed by atoms with Crippen molar-refractivity contribution in [2.24, 2.45) is 0 Å². The minimum atomic E-state index is -0.884. The van der Waals surface area contributed by atoms with Gasteiger partial charge in [0.05, 0.1) is 10.6 Å². The number of benzene rings is 2. The van der Waals surface area contributed by atoms with Gasteiger partial charge in [0.1, 0.15) is 5.03 Å². The van der Waals surface area contributed by atoms with Crippen LogP contribution in [0, 0.1) is 21.7 Å². The fraction of sp³-hybridized carbons (Fsp3) is 0.0588. The van der Waals surface area contributed by atoms with E-state index < -0.39 is 16.6 Å². The lowest BCUT2D eigenvalue weighted by molar-refractivity contribution is -0.384. The number of thioether (sulfide) groups is 1. The summed E-state index contributed by atoms with van der Waals surface area (Å²) < 4.78 is 26.1. The maximum absolute atomic E-state index is 13.2. The minimum absolute atomic E-state index is 0.0175. The zero-order valence-corrected chi connectivity index (χ0v) is 13.5. The Bertz CT molecular complexity index is 920. The normalized spacial score (nSPS) is 10.6. The predicted octanol–water partition coefficient (Wildman–Crippen LogP) is 4.62. The molecular weight excluding hydrogens is 348 g/mol. The maximum Gasteiger partial charge on any atom is 0.270 e. The van der Waals surface area contributed by atoms with Gasteiger partial charge < -0.3 is 0 Å². The summed E-state index contributed by atoms with van der Waals surface area (Å²) in [5, 5.41) is 19.6. The third kappa shape index (κ3) is 4.16. The summed E-state index contributed by atoms with van der Waals surface area (Å²) in [5.74, 6) is -1.35. The van der Waals surface area contributed by atoms with Gasteiger partial charge in [-0.15, -0.1) is 10.2 Å². The summed E-state index contributed by atoms with van der Waals surface area (Å²) in [7, 11) is 0. The second-order valence-electron chi connectivity index (χ2n) is 5.10. The van der Waals surface area contributed by atoms with Crippen molar-refractivity contribution in [3.8, 4) is 11.3 Å². The second-order valence-corrected chi connectivity index (χ2v) is 6.10. The van der Waals surface area contributed by atoms with Crippen LogP contribution in [0.1, 0.15) is 5.56 Å². The monoisotopic (exact) mass is 359 g/mol. The molecule has 0 aliphatic rings. The molecule has 8 heteroatoms. The molecule has 0 saturated carbocycles. The van der Waals surface area contributed by atoms with Gasteiger partial charge >= 0.3 is 0 Å². The standard InChI is InChI=1S/C17H11F2N3O2S/c18-14-5-4-11(8-15(14)19)10-25-17-7-6-16(20-21-17)12-2-1-3-13(9-12)22(23)24/h1-9H,10H2. The van der Waals surface area contributed by atoms with Gasteiger partial charge in [-0.25, -0.2) is 8.78 Å². The molecule has 2 aromatic carbocycles. The van der Waals surface area contributed by atoms with Gasteiger partial charge in [-0.3, -0.25) is 10.1 Å². The first-order valence-corrected chi connectivity index (χ1v) is 8.17. The van der Waals surface area contributed by atoms with Gasteiger partial charge in [0, 0.05) is 23.4 Å². The molecule has 0 N–H and O–H groups in total. The topological polar surface area (TPSA) is 68.9 Å². The number of hydrogen-bond acceptors (Lipinski definition) is 5. The molecule has 0 atom stereocenters. The van der Waals surface area contributed by atoms with Crippen molar-refractivity contribution in [2.75, 3.05) is 0 Å². The first-order valence-electron chi connectivity index (χ1n) is 7.18. The van der Waals surface area contributed by atoms with Crippen LogP contribution in [0.3, 0.4) is 0 Å². The Balaban J connectivity index is 1.70. The Morgan fingerprint density at radius 3 is 2.52 bits per heavy atom. The van der Waals surface area contributed by atoms with Crippen LogP contribution in [-0.4, -0.2) is 15.1 Å². The van der Waals surface area contributed by atoms with Gasteiger partial charge in [0.25, 0.3) is 5.69 Å². The summed E-state index contributed by atoms with van der Waals surface area (Å²) in [6.45, 7) is 0. The molecule has 0 radical (unpaired) electrons. The van der Waals surface area contributed by atoms with Crippen LogP contribution in [-0.2, 0) is 5.75 Å². The van der Waals surface area contributed by atoms with E-state index in [0.29, 0.717) is 27.6 Å². The summed E-state index contributed by atoms with van der Waals surface area (Å²) in [6, 6.07) is 13.3. The largest absolute Gasteiger partial charge is 0.270 e. The Morgan fingerprint density at radius 2 is 1.84 bits per heavy atom. The van der Waals surface area contributed by atoms with Gasteiger partial charge in [-0.05, 0) is 29.8 Å². The van der Waals surface area contributed by atoms with Crippen LogP contribution in [0.4, 0.5) is 14.5 Å². The molecule has 0 aliphatic carbocycles. The van der Waals surface area contributed by atoms with Crippen molar-refractivity contribution in [3.63, 3.8) is 0 Å². The lowest BCUT2D eigenvalue weighted by Gasteiger charge is -2.04. The Morgan fingerprint density at radius 1 is 1.00 bits per heavy atom. The molecule has 25 heavy (non-hydrogen) atoms. The van der Waals surface area contributed by atoms with E-state index in [9.17, 15) is 18.9 Å². The first kappa shape index (κ1) is 17.0. The third-order valence-electron chi connectivity index (χ3n) is 3.36. The van der Waals surface area contributed by atoms with Crippen LogP contribution in [0.25, 0.3) is 11.3 Å². The van der Waals surface area contributed by atoms with Crippen molar-refractivity contribution in [1.82, 2.24) is 10.2 Å². The van der Waals surface area contributed by atoms with Crippen molar-refractivity contribution in [1.29, 1.82) is 0 Å². The highest BCUT2D eigenvalue weighted by atomic mass is 32.2. The number of non-ortho nitro benzene ring substituents is 1. The van der Waals surface area contributed by atoms with E-state index in [1.165, 1.54) is 30.0 Å². The summed E-state index contributed by atoms with van der Waals surface area (Å²) >= 11 is 1.33. The molecule has 126 valence electrons. The van der Waals surface area contributed by atoms with Crippen molar-refractivity contribution < 1.29 is 13.7 Å². The molecule has 0 amide bonds. The number of halogens is 2. The zero-order valence-electron chi connectivity index (χ0n) is 12.7. The van der Waals surface area contributed by atoms with Crippen molar-refractivity contribution in [3.05, 3.63) is 81.9 Å². The molecule has 0 bridgehead atoms. The van der Waals surface area contributed by atoms with Crippen LogP contribution in [0.15, 0.2) is 59.6 Å². The molecule has 3 rings (SSSR count). The molecule has 0 fully saturated rings. The third-order valence-corrected chi connectivity index (χ3v) is 4.35. The van der Waals surface area contributed by atoms with Gasteiger partial charge in [-0.2, -0.15) is 0 Å². The van der Waals surface area contributed by atoms with Gasteiger partial charge in [-0.1, -0.05) is 30.0 Å². The molecule has 3 aromatic rings. The average Bonchev–Trinajstić information content (AvgIpc) is 2.63.